The van der Waals surface area contributed by atoms with Gasteiger partial charge in [-0.15, -0.1) is 0 Å². The lowest BCUT2D eigenvalue weighted by atomic mass is 10.1. The Morgan fingerprint density at radius 1 is 1.11 bits per heavy atom. The molecular formula is C21H21NO5. The van der Waals surface area contributed by atoms with Crippen LogP contribution in [0.1, 0.15) is 34.1 Å². The molecule has 0 aliphatic heterocycles. The number of aromatic nitrogens is 1. The number of aliphatic carboxylic acids is 1. The number of carbonyl (C=O) groups is 2. The summed E-state index contributed by atoms with van der Waals surface area (Å²) in [5.41, 5.74) is 4.28. The Kier molecular flexibility index (Phi) is 4.90. The Bertz CT molecular complexity index is 1030. The van der Waals surface area contributed by atoms with Crippen LogP contribution in [0.3, 0.4) is 0 Å². The van der Waals surface area contributed by atoms with Gasteiger partial charge in [0.25, 0.3) is 0 Å². The first-order valence-corrected chi connectivity index (χ1v) is 8.59. The molecule has 2 N–H and O–H groups in total. The Morgan fingerprint density at radius 2 is 1.85 bits per heavy atom. The van der Waals surface area contributed by atoms with Crippen LogP contribution in [-0.2, 0) is 11.3 Å². The van der Waals surface area contributed by atoms with Crippen LogP contribution in [0.15, 0.2) is 42.5 Å². The maximum absolute atomic E-state index is 11.2. The number of nitrogens with zero attached hydrogens (tertiary/aromatic N) is 1. The molecule has 0 saturated carbocycles. The summed E-state index contributed by atoms with van der Waals surface area (Å²) in [6, 6.07) is 12.5. The van der Waals surface area contributed by atoms with E-state index < -0.39 is 18.0 Å². The van der Waals surface area contributed by atoms with Crippen LogP contribution in [-0.4, -0.2) is 32.8 Å². The predicted octanol–water partition coefficient (Wildman–Crippen LogP) is 3.86. The normalized spacial score (nSPS) is 12.1. The highest BCUT2D eigenvalue weighted by Crippen LogP contribution is 2.28. The third-order valence-corrected chi connectivity index (χ3v) is 4.79. The Morgan fingerprint density at radius 3 is 2.52 bits per heavy atom. The van der Waals surface area contributed by atoms with Gasteiger partial charge in [-0.2, -0.15) is 0 Å². The molecule has 1 atom stereocenters. The van der Waals surface area contributed by atoms with E-state index in [2.05, 4.69) is 4.57 Å². The van der Waals surface area contributed by atoms with E-state index in [0.29, 0.717) is 12.3 Å². The number of fused-ring (bicyclic) bond motifs is 1. The number of carboxylic acid groups (broad SMARTS) is 2. The van der Waals surface area contributed by atoms with E-state index in [0.717, 1.165) is 27.7 Å². The fourth-order valence-electron chi connectivity index (χ4n) is 3.14. The van der Waals surface area contributed by atoms with Crippen LogP contribution < -0.4 is 4.74 Å². The molecule has 0 saturated heterocycles. The largest absolute Gasteiger partial charge is 0.479 e. The van der Waals surface area contributed by atoms with Gasteiger partial charge in [-0.1, -0.05) is 12.1 Å². The lowest BCUT2D eigenvalue weighted by Gasteiger charge is -2.13. The van der Waals surface area contributed by atoms with Gasteiger partial charge >= 0.3 is 11.9 Å². The summed E-state index contributed by atoms with van der Waals surface area (Å²) < 4.78 is 7.57. The Labute approximate surface area is 156 Å². The van der Waals surface area contributed by atoms with E-state index in [1.165, 1.54) is 6.92 Å². The molecule has 27 heavy (non-hydrogen) atoms. The lowest BCUT2D eigenvalue weighted by Crippen LogP contribution is -2.22. The fourth-order valence-corrected chi connectivity index (χ4v) is 3.14. The number of benzene rings is 2. The molecule has 0 aliphatic carbocycles. The molecule has 3 rings (SSSR count). The molecule has 140 valence electrons. The average molecular weight is 367 g/mol. The zero-order valence-corrected chi connectivity index (χ0v) is 15.4. The van der Waals surface area contributed by atoms with Crippen molar-refractivity contribution in [2.24, 2.45) is 0 Å². The van der Waals surface area contributed by atoms with Crippen molar-refractivity contribution in [3.05, 3.63) is 64.8 Å². The third-order valence-electron chi connectivity index (χ3n) is 4.79. The molecule has 1 aromatic heterocycles. The van der Waals surface area contributed by atoms with Crippen LogP contribution in [0.5, 0.6) is 5.75 Å². The van der Waals surface area contributed by atoms with Crippen molar-refractivity contribution in [2.45, 2.75) is 33.4 Å². The standard InChI is InChI=1S/C21H21NO5/c1-12-13(2)22(19-8-7-16(21(25)26)10-18(12)19)11-15-5-4-6-17(9-15)27-14(3)20(23)24/h4-10,14H,11H2,1-3H3,(H,23,24)(H,25,26)/t14-/m0/s1. The summed E-state index contributed by atoms with van der Waals surface area (Å²) in [6.07, 6.45) is -0.925. The van der Waals surface area contributed by atoms with Gasteiger partial charge in [0.1, 0.15) is 5.75 Å². The maximum atomic E-state index is 11.2. The molecule has 1 heterocycles. The summed E-state index contributed by atoms with van der Waals surface area (Å²) in [6.45, 7) is 6.04. The van der Waals surface area contributed by atoms with Gasteiger partial charge in [-0.3, -0.25) is 0 Å². The van der Waals surface area contributed by atoms with Crippen LogP contribution in [0.4, 0.5) is 0 Å². The minimum Gasteiger partial charge on any atom is -0.479 e. The molecule has 0 unspecified atom stereocenters. The van der Waals surface area contributed by atoms with E-state index in [4.69, 9.17) is 9.84 Å². The summed E-state index contributed by atoms with van der Waals surface area (Å²) in [5, 5.41) is 19.1. The first-order chi connectivity index (χ1) is 12.8. The summed E-state index contributed by atoms with van der Waals surface area (Å²) >= 11 is 0. The van der Waals surface area contributed by atoms with E-state index in [-0.39, 0.29) is 5.56 Å². The molecule has 0 bridgehead atoms. The van der Waals surface area contributed by atoms with Gasteiger partial charge in [-0.25, -0.2) is 9.59 Å². The Hall–Kier alpha value is -3.28. The van der Waals surface area contributed by atoms with Gasteiger partial charge in [0, 0.05) is 23.1 Å². The van der Waals surface area contributed by atoms with Crippen LogP contribution in [0.2, 0.25) is 0 Å². The highest BCUT2D eigenvalue weighted by Gasteiger charge is 2.15. The molecule has 6 heteroatoms. The molecule has 0 aliphatic rings. The minimum atomic E-state index is -1.02. The van der Waals surface area contributed by atoms with Crippen LogP contribution >= 0.6 is 0 Å². The van der Waals surface area contributed by atoms with Gasteiger partial charge in [-0.05, 0) is 62.2 Å². The number of hydrogen-bond donors (Lipinski definition) is 2. The number of hydrogen-bond acceptors (Lipinski definition) is 3. The smallest absolute Gasteiger partial charge is 0.344 e. The minimum absolute atomic E-state index is 0.265. The second-order valence-corrected chi connectivity index (χ2v) is 6.58. The first kappa shape index (κ1) is 18.5. The number of aryl methyl sites for hydroxylation is 1. The van der Waals surface area contributed by atoms with E-state index >= 15 is 0 Å². The van der Waals surface area contributed by atoms with Crippen LogP contribution in [0, 0.1) is 13.8 Å². The number of rotatable bonds is 6. The lowest BCUT2D eigenvalue weighted by molar-refractivity contribution is -0.144. The second-order valence-electron chi connectivity index (χ2n) is 6.58. The molecule has 0 spiro atoms. The summed E-state index contributed by atoms with van der Waals surface area (Å²) in [5.74, 6) is -1.46. The number of aromatic carboxylic acids is 1. The van der Waals surface area contributed by atoms with E-state index in [1.807, 2.05) is 38.1 Å². The number of carboxylic acids is 2. The summed E-state index contributed by atoms with van der Waals surface area (Å²) in [7, 11) is 0. The average Bonchev–Trinajstić information content (AvgIpc) is 2.86. The van der Waals surface area contributed by atoms with Crippen molar-refractivity contribution in [3.8, 4) is 5.75 Å². The van der Waals surface area contributed by atoms with Gasteiger partial charge in [0.05, 0.1) is 5.56 Å². The molecule has 6 nitrogen and oxygen atoms in total. The second kappa shape index (κ2) is 7.15. The van der Waals surface area contributed by atoms with Crippen molar-refractivity contribution in [1.82, 2.24) is 4.57 Å². The van der Waals surface area contributed by atoms with Gasteiger partial charge < -0.3 is 19.5 Å². The zero-order valence-electron chi connectivity index (χ0n) is 15.4. The predicted molar refractivity (Wildman–Crippen MR) is 102 cm³/mol. The van der Waals surface area contributed by atoms with Gasteiger partial charge in [0.2, 0.25) is 0 Å². The van der Waals surface area contributed by atoms with Gasteiger partial charge in [0.15, 0.2) is 6.10 Å². The van der Waals surface area contributed by atoms with Crippen molar-refractivity contribution < 1.29 is 24.5 Å². The van der Waals surface area contributed by atoms with Crippen LogP contribution in [0.25, 0.3) is 10.9 Å². The third kappa shape index (κ3) is 3.65. The number of ether oxygens (including phenoxy) is 1. The molecule has 0 fully saturated rings. The highest BCUT2D eigenvalue weighted by atomic mass is 16.5. The zero-order chi connectivity index (χ0) is 19.7. The van der Waals surface area contributed by atoms with Crippen molar-refractivity contribution in [1.29, 1.82) is 0 Å². The molecule has 3 aromatic rings. The molecular weight excluding hydrogens is 346 g/mol. The maximum Gasteiger partial charge on any atom is 0.344 e. The van der Waals surface area contributed by atoms with Crippen molar-refractivity contribution in [2.75, 3.05) is 0 Å². The van der Waals surface area contributed by atoms with Crippen molar-refractivity contribution in [3.63, 3.8) is 0 Å². The highest BCUT2D eigenvalue weighted by molar-refractivity contribution is 5.95. The SMILES string of the molecule is Cc1c(C)n(Cc2cccc(O[C@@H](C)C(=O)O)c2)c2ccc(C(=O)O)cc12. The monoisotopic (exact) mass is 367 g/mol. The van der Waals surface area contributed by atoms with E-state index in [1.54, 1.807) is 18.2 Å². The molecule has 2 aromatic carbocycles. The van der Waals surface area contributed by atoms with E-state index in [9.17, 15) is 14.7 Å². The molecule has 0 radical (unpaired) electrons. The topological polar surface area (TPSA) is 88.8 Å². The summed E-state index contributed by atoms with van der Waals surface area (Å²) in [4.78, 5) is 22.2. The van der Waals surface area contributed by atoms with Crippen molar-refractivity contribution >= 4 is 22.8 Å². The molecule has 0 amide bonds. The Balaban J connectivity index is 1.96. The fraction of sp³-hybridized carbons (Fsp3) is 0.238. The first-order valence-electron chi connectivity index (χ1n) is 8.59. The quantitative estimate of drug-likeness (QED) is 0.691.